The van der Waals surface area contributed by atoms with Crippen LogP contribution < -0.4 is 5.32 Å². The number of hydrogen-bond donors (Lipinski definition) is 1. The van der Waals surface area contributed by atoms with Crippen LogP contribution in [0.2, 0.25) is 0 Å². The molecule has 0 bridgehead atoms. The van der Waals surface area contributed by atoms with E-state index in [9.17, 15) is 8.42 Å². The molecule has 0 spiro atoms. The summed E-state index contributed by atoms with van der Waals surface area (Å²) in [7, 11) is 1.28. The number of likely N-dealkylation sites (N-methyl/N-ethyl adjacent to an activating group) is 1. The average molecular weight is 292 g/mol. The summed E-state index contributed by atoms with van der Waals surface area (Å²) in [5, 5.41) is 3.56. The second-order valence-electron chi connectivity index (χ2n) is 5.63. The van der Waals surface area contributed by atoms with Crippen LogP contribution in [0.15, 0.2) is 0 Å². The first-order chi connectivity index (χ1) is 8.73. The lowest BCUT2D eigenvalue weighted by Gasteiger charge is -2.45. The van der Waals surface area contributed by atoms with E-state index < -0.39 is 9.84 Å². The quantitative estimate of drug-likeness (QED) is 0.668. The Bertz CT molecular complexity index is 335. The lowest BCUT2D eigenvalue weighted by Crippen LogP contribution is -2.59. The fourth-order valence-electron chi connectivity index (χ4n) is 2.90. The Morgan fingerprint density at radius 2 is 1.68 bits per heavy atom. The van der Waals surface area contributed by atoms with E-state index >= 15 is 0 Å². The molecule has 0 aromatic carbocycles. The first kappa shape index (κ1) is 18.9. The molecule has 116 valence electrons. The normalized spacial score (nSPS) is 14.9. The molecule has 0 aliphatic rings. The van der Waals surface area contributed by atoms with Gasteiger partial charge in [0.1, 0.15) is 9.84 Å². The molecule has 0 amide bonds. The third-order valence-electron chi connectivity index (χ3n) is 4.18. The molecule has 0 aliphatic carbocycles. The number of nitrogens with zero attached hydrogens (tertiary/aromatic N) is 1. The van der Waals surface area contributed by atoms with Crippen LogP contribution >= 0.6 is 0 Å². The van der Waals surface area contributed by atoms with Crippen LogP contribution in [-0.4, -0.2) is 57.5 Å². The topological polar surface area (TPSA) is 49.4 Å². The largest absolute Gasteiger partial charge is 0.312 e. The molecule has 0 fully saturated rings. The minimum atomic E-state index is -2.91. The van der Waals surface area contributed by atoms with Crippen LogP contribution in [0.25, 0.3) is 0 Å². The number of hydrogen-bond acceptors (Lipinski definition) is 4. The van der Waals surface area contributed by atoms with Crippen LogP contribution in [0, 0.1) is 0 Å². The molecule has 1 unspecified atom stereocenters. The SMILES string of the molecule is CCCNC(CCS(C)(=O)=O)C(CC)(CC)N(C)C. The summed E-state index contributed by atoms with van der Waals surface area (Å²) in [5.74, 6) is 0.254. The van der Waals surface area contributed by atoms with Gasteiger partial charge in [0.05, 0.1) is 5.75 Å². The smallest absolute Gasteiger partial charge is 0.147 e. The van der Waals surface area contributed by atoms with E-state index in [2.05, 4.69) is 45.1 Å². The molecule has 1 N–H and O–H groups in total. The fourth-order valence-corrected chi connectivity index (χ4v) is 3.56. The van der Waals surface area contributed by atoms with Gasteiger partial charge in [-0.15, -0.1) is 0 Å². The van der Waals surface area contributed by atoms with E-state index in [1.807, 2.05) is 0 Å². The second-order valence-corrected chi connectivity index (χ2v) is 7.89. The van der Waals surface area contributed by atoms with Crippen molar-refractivity contribution in [1.29, 1.82) is 0 Å². The summed E-state index contributed by atoms with van der Waals surface area (Å²) in [4.78, 5) is 2.25. The molecule has 4 nitrogen and oxygen atoms in total. The van der Waals surface area contributed by atoms with E-state index in [4.69, 9.17) is 0 Å². The van der Waals surface area contributed by atoms with E-state index in [1.165, 1.54) is 6.26 Å². The maximum atomic E-state index is 11.4. The minimum absolute atomic E-state index is 0.0276. The van der Waals surface area contributed by atoms with Crippen molar-refractivity contribution in [2.75, 3.05) is 32.6 Å². The highest BCUT2D eigenvalue weighted by atomic mass is 32.2. The zero-order valence-electron chi connectivity index (χ0n) is 13.5. The molecular weight excluding hydrogens is 260 g/mol. The molecule has 1 atom stereocenters. The van der Waals surface area contributed by atoms with Gasteiger partial charge in [0.15, 0.2) is 0 Å². The summed E-state index contributed by atoms with van der Waals surface area (Å²) >= 11 is 0. The van der Waals surface area contributed by atoms with E-state index in [0.717, 1.165) is 25.8 Å². The van der Waals surface area contributed by atoms with E-state index in [1.54, 1.807) is 0 Å². The van der Waals surface area contributed by atoms with Gasteiger partial charge in [-0.2, -0.15) is 0 Å². The zero-order chi connectivity index (χ0) is 15.1. The van der Waals surface area contributed by atoms with Crippen LogP contribution in [0.3, 0.4) is 0 Å². The summed E-state index contributed by atoms with van der Waals surface area (Å²) in [6.45, 7) is 7.44. The van der Waals surface area contributed by atoms with E-state index in [-0.39, 0.29) is 17.3 Å². The van der Waals surface area contributed by atoms with Crippen molar-refractivity contribution in [2.45, 2.75) is 58.0 Å². The molecular formula is C14H32N2O2S. The van der Waals surface area contributed by atoms with Gasteiger partial charge in [-0.05, 0) is 46.3 Å². The second kappa shape index (κ2) is 8.22. The summed E-state index contributed by atoms with van der Waals surface area (Å²) < 4.78 is 22.9. The van der Waals surface area contributed by atoms with Crippen molar-refractivity contribution in [1.82, 2.24) is 10.2 Å². The Morgan fingerprint density at radius 3 is 2.00 bits per heavy atom. The van der Waals surface area contributed by atoms with Gasteiger partial charge in [0.2, 0.25) is 0 Å². The third-order valence-corrected chi connectivity index (χ3v) is 5.16. The number of nitrogens with one attached hydrogen (secondary N) is 1. The highest BCUT2D eigenvalue weighted by Gasteiger charge is 2.37. The Hall–Kier alpha value is -0.130. The Morgan fingerprint density at radius 1 is 1.16 bits per heavy atom. The maximum absolute atomic E-state index is 11.4. The molecule has 0 saturated carbocycles. The number of rotatable bonds is 10. The van der Waals surface area contributed by atoms with Gasteiger partial charge in [0.25, 0.3) is 0 Å². The van der Waals surface area contributed by atoms with Gasteiger partial charge in [-0.3, -0.25) is 0 Å². The standard InChI is InChI=1S/C14H32N2O2S/c1-7-11-15-13(10-12-19(6,17)18)14(8-2,9-3)16(4)5/h13,15H,7-12H2,1-6H3. The molecule has 0 aromatic rings. The van der Waals surface area contributed by atoms with Crippen molar-refractivity contribution in [3.8, 4) is 0 Å². The van der Waals surface area contributed by atoms with Crippen LogP contribution in [0.1, 0.15) is 46.5 Å². The van der Waals surface area contributed by atoms with E-state index in [0.29, 0.717) is 6.42 Å². The first-order valence-electron chi connectivity index (χ1n) is 7.32. The zero-order valence-corrected chi connectivity index (χ0v) is 14.3. The summed E-state index contributed by atoms with van der Waals surface area (Å²) in [6.07, 6.45) is 5.09. The van der Waals surface area contributed by atoms with Gasteiger partial charge in [0, 0.05) is 17.8 Å². The Balaban J connectivity index is 5.06. The van der Waals surface area contributed by atoms with Crippen molar-refractivity contribution in [3.05, 3.63) is 0 Å². The van der Waals surface area contributed by atoms with Crippen LogP contribution in [0.4, 0.5) is 0 Å². The van der Waals surface area contributed by atoms with Gasteiger partial charge in [-0.1, -0.05) is 20.8 Å². The first-order valence-corrected chi connectivity index (χ1v) is 9.38. The van der Waals surface area contributed by atoms with Crippen LogP contribution in [-0.2, 0) is 9.84 Å². The fraction of sp³-hybridized carbons (Fsp3) is 1.00. The average Bonchev–Trinajstić information content (AvgIpc) is 2.31. The monoisotopic (exact) mass is 292 g/mol. The molecule has 0 aliphatic heterocycles. The maximum Gasteiger partial charge on any atom is 0.147 e. The third kappa shape index (κ3) is 5.79. The molecule has 0 radical (unpaired) electrons. The molecule has 19 heavy (non-hydrogen) atoms. The van der Waals surface area contributed by atoms with Crippen molar-refractivity contribution in [3.63, 3.8) is 0 Å². The summed E-state index contributed by atoms with van der Waals surface area (Å²) in [5.41, 5.74) is 0.0276. The van der Waals surface area contributed by atoms with Gasteiger partial charge >= 0.3 is 0 Å². The molecule has 0 rings (SSSR count). The van der Waals surface area contributed by atoms with Crippen molar-refractivity contribution >= 4 is 9.84 Å². The highest BCUT2D eigenvalue weighted by molar-refractivity contribution is 7.90. The van der Waals surface area contributed by atoms with Crippen molar-refractivity contribution < 1.29 is 8.42 Å². The predicted octanol–water partition coefficient (Wildman–Crippen LogP) is 1.91. The van der Waals surface area contributed by atoms with Crippen molar-refractivity contribution in [2.24, 2.45) is 0 Å². The Kier molecular flexibility index (Phi) is 8.17. The molecule has 5 heteroatoms. The molecule has 0 aromatic heterocycles. The minimum Gasteiger partial charge on any atom is -0.312 e. The number of sulfone groups is 1. The van der Waals surface area contributed by atoms with Crippen LogP contribution in [0.5, 0.6) is 0 Å². The molecule has 0 heterocycles. The summed E-state index contributed by atoms with van der Waals surface area (Å²) in [6, 6.07) is 0.215. The van der Waals surface area contributed by atoms with Gasteiger partial charge in [-0.25, -0.2) is 8.42 Å². The Labute approximate surface area is 119 Å². The molecule has 0 saturated heterocycles. The van der Waals surface area contributed by atoms with Gasteiger partial charge < -0.3 is 10.2 Å². The lowest BCUT2D eigenvalue weighted by atomic mass is 9.81. The predicted molar refractivity (Wildman–Crippen MR) is 83.4 cm³/mol. The lowest BCUT2D eigenvalue weighted by molar-refractivity contribution is 0.0867. The highest BCUT2D eigenvalue weighted by Crippen LogP contribution is 2.28.